The lowest BCUT2D eigenvalue weighted by molar-refractivity contribution is 0.251. The van der Waals surface area contributed by atoms with Crippen LogP contribution >= 0.6 is 0 Å². The minimum Gasteiger partial charge on any atom is -0.492 e. The van der Waals surface area contributed by atoms with Crippen molar-refractivity contribution in [2.75, 3.05) is 13.2 Å². The van der Waals surface area contributed by atoms with Crippen LogP contribution < -0.4 is 10.5 Å². The van der Waals surface area contributed by atoms with Crippen molar-refractivity contribution in [3.05, 3.63) is 29.6 Å². The van der Waals surface area contributed by atoms with E-state index in [4.69, 9.17) is 10.5 Å². The first-order chi connectivity index (χ1) is 8.79. The molecule has 0 atom stereocenters. The first-order valence-corrected chi connectivity index (χ1v) is 6.41. The third-order valence-corrected chi connectivity index (χ3v) is 3.22. The van der Waals surface area contributed by atoms with Gasteiger partial charge < -0.3 is 10.5 Å². The van der Waals surface area contributed by atoms with Crippen LogP contribution in [-0.4, -0.2) is 13.2 Å². The number of hydrogen-bond donors (Lipinski definition) is 1. The minimum atomic E-state index is -0.301. The summed E-state index contributed by atoms with van der Waals surface area (Å²) in [6.07, 6.45) is 5.03. The molecule has 1 fully saturated rings. The van der Waals surface area contributed by atoms with E-state index in [1.54, 1.807) is 6.07 Å². The normalized spacial score (nSPS) is 15.2. The smallest absolute Gasteiger partial charge is 0.135 e. The highest BCUT2D eigenvalue weighted by Gasteiger charge is 2.16. The highest BCUT2D eigenvalue weighted by atomic mass is 19.1. The van der Waals surface area contributed by atoms with E-state index in [0.29, 0.717) is 23.8 Å². The monoisotopic (exact) mass is 247 g/mol. The van der Waals surface area contributed by atoms with Crippen molar-refractivity contribution < 1.29 is 9.13 Å². The topological polar surface area (TPSA) is 35.2 Å². The van der Waals surface area contributed by atoms with Crippen LogP contribution in [0.5, 0.6) is 5.75 Å². The highest BCUT2D eigenvalue weighted by Crippen LogP contribution is 2.26. The Balaban J connectivity index is 2.05. The lowest BCUT2D eigenvalue weighted by atomic mass is 10.1. The van der Waals surface area contributed by atoms with Crippen LogP contribution in [0, 0.1) is 23.6 Å². The first-order valence-electron chi connectivity index (χ1n) is 6.41. The summed E-state index contributed by atoms with van der Waals surface area (Å²) in [7, 11) is 0. The molecule has 0 aliphatic heterocycles. The van der Waals surface area contributed by atoms with Crippen LogP contribution in [0.25, 0.3) is 0 Å². The molecule has 0 amide bonds. The minimum absolute atomic E-state index is 0.262. The maximum Gasteiger partial charge on any atom is 0.135 e. The van der Waals surface area contributed by atoms with Gasteiger partial charge in [-0.1, -0.05) is 24.7 Å². The van der Waals surface area contributed by atoms with Crippen molar-refractivity contribution in [1.82, 2.24) is 0 Å². The number of halogens is 1. The number of nitrogens with two attached hydrogens (primary N) is 1. The number of hydrogen-bond acceptors (Lipinski definition) is 2. The van der Waals surface area contributed by atoms with Crippen LogP contribution in [0.2, 0.25) is 0 Å². The van der Waals surface area contributed by atoms with Crippen LogP contribution in [0.3, 0.4) is 0 Å². The van der Waals surface area contributed by atoms with E-state index in [1.165, 1.54) is 37.8 Å². The molecule has 18 heavy (non-hydrogen) atoms. The fourth-order valence-corrected chi connectivity index (χ4v) is 2.26. The molecule has 1 aliphatic rings. The molecule has 2 rings (SSSR count). The average molecular weight is 247 g/mol. The number of rotatable bonds is 3. The maximum absolute atomic E-state index is 13.2. The number of benzene rings is 1. The zero-order valence-electron chi connectivity index (χ0n) is 10.4. The van der Waals surface area contributed by atoms with E-state index >= 15 is 0 Å². The molecule has 0 unspecified atom stereocenters. The molecule has 2 nitrogen and oxygen atoms in total. The molecule has 1 aromatic rings. The second-order valence-corrected chi connectivity index (χ2v) is 4.61. The molecular formula is C15H18FNO. The summed E-state index contributed by atoms with van der Waals surface area (Å²) in [4.78, 5) is 0. The predicted octanol–water partition coefficient (Wildman–Crippen LogP) is 2.70. The lowest BCUT2D eigenvalue weighted by Crippen LogP contribution is -2.09. The van der Waals surface area contributed by atoms with Gasteiger partial charge in [0.25, 0.3) is 0 Å². The second kappa shape index (κ2) is 6.42. The Hall–Kier alpha value is -1.53. The van der Waals surface area contributed by atoms with E-state index in [-0.39, 0.29) is 12.4 Å². The van der Waals surface area contributed by atoms with Crippen molar-refractivity contribution in [3.8, 4) is 17.6 Å². The van der Waals surface area contributed by atoms with Crippen molar-refractivity contribution in [1.29, 1.82) is 0 Å². The van der Waals surface area contributed by atoms with Crippen LogP contribution in [0.4, 0.5) is 4.39 Å². The highest BCUT2D eigenvalue weighted by molar-refractivity contribution is 5.46. The largest absolute Gasteiger partial charge is 0.492 e. The zero-order chi connectivity index (χ0) is 12.8. The second-order valence-electron chi connectivity index (χ2n) is 4.61. The van der Waals surface area contributed by atoms with Gasteiger partial charge in [0.1, 0.15) is 11.6 Å². The molecule has 3 heteroatoms. The van der Waals surface area contributed by atoms with Crippen molar-refractivity contribution in [2.45, 2.75) is 25.7 Å². The lowest BCUT2D eigenvalue weighted by Gasteiger charge is -2.12. The summed E-state index contributed by atoms with van der Waals surface area (Å²) in [6.45, 7) is 0.960. The van der Waals surface area contributed by atoms with Gasteiger partial charge in [-0.3, -0.25) is 0 Å². The molecule has 1 aliphatic carbocycles. The Morgan fingerprint density at radius 1 is 1.33 bits per heavy atom. The van der Waals surface area contributed by atoms with Gasteiger partial charge in [-0.25, -0.2) is 4.39 Å². The predicted molar refractivity (Wildman–Crippen MR) is 69.8 cm³/mol. The van der Waals surface area contributed by atoms with E-state index in [1.807, 2.05) is 0 Å². The maximum atomic E-state index is 13.2. The third kappa shape index (κ3) is 3.48. The summed E-state index contributed by atoms with van der Waals surface area (Å²) < 4.78 is 18.9. The molecule has 0 bridgehead atoms. The summed E-state index contributed by atoms with van der Waals surface area (Å²) in [5.41, 5.74) is 5.91. The molecule has 0 aromatic heterocycles. The molecule has 2 N–H and O–H groups in total. The zero-order valence-corrected chi connectivity index (χ0v) is 10.4. The van der Waals surface area contributed by atoms with E-state index in [0.717, 1.165) is 0 Å². The van der Waals surface area contributed by atoms with E-state index in [9.17, 15) is 4.39 Å². The molecule has 0 saturated heterocycles. The fourth-order valence-electron chi connectivity index (χ4n) is 2.26. The summed E-state index contributed by atoms with van der Waals surface area (Å²) >= 11 is 0. The molecule has 0 radical (unpaired) electrons. The first kappa shape index (κ1) is 12.9. The Morgan fingerprint density at radius 3 is 2.83 bits per heavy atom. The van der Waals surface area contributed by atoms with Crippen LogP contribution in [-0.2, 0) is 0 Å². The molecule has 1 aromatic carbocycles. The van der Waals surface area contributed by atoms with Gasteiger partial charge in [0.2, 0.25) is 0 Å². The van der Waals surface area contributed by atoms with Gasteiger partial charge in [-0.05, 0) is 37.0 Å². The van der Waals surface area contributed by atoms with E-state index in [2.05, 4.69) is 11.8 Å². The standard InChI is InChI=1S/C15H18FNO/c16-14-7-8-15(13(10-14)6-3-9-17)18-11-12-4-1-2-5-12/h7-8,10,12H,1-2,4-5,9,11,17H2. The van der Waals surface area contributed by atoms with Crippen LogP contribution in [0.1, 0.15) is 31.2 Å². The van der Waals surface area contributed by atoms with Gasteiger partial charge in [0.15, 0.2) is 0 Å². The average Bonchev–Trinajstić information content (AvgIpc) is 2.88. The Labute approximate surface area is 107 Å². The molecule has 96 valence electrons. The van der Waals surface area contributed by atoms with Gasteiger partial charge in [-0.15, -0.1) is 0 Å². The third-order valence-electron chi connectivity index (χ3n) is 3.22. The van der Waals surface area contributed by atoms with Gasteiger partial charge >= 0.3 is 0 Å². The fraction of sp³-hybridized carbons (Fsp3) is 0.467. The summed E-state index contributed by atoms with van der Waals surface area (Å²) in [6, 6.07) is 4.44. The van der Waals surface area contributed by atoms with E-state index < -0.39 is 0 Å². The SMILES string of the molecule is NCC#Cc1cc(F)ccc1OCC1CCCC1. The molecule has 1 saturated carbocycles. The summed E-state index contributed by atoms with van der Waals surface area (Å²) in [5.74, 6) is 6.57. The van der Waals surface area contributed by atoms with Crippen molar-refractivity contribution >= 4 is 0 Å². The molecular weight excluding hydrogens is 229 g/mol. The van der Waals surface area contributed by atoms with Crippen molar-refractivity contribution in [3.63, 3.8) is 0 Å². The molecule has 0 spiro atoms. The summed E-state index contributed by atoms with van der Waals surface area (Å²) in [5, 5.41) is 0. The van der Waals surface area contributed by atoms with Crippen molar-refractivity contribution in [2.24, 2.45) is 11.7 Å². The molecule has 0 heterocycles. The van der Waals surface area contributed by atoms with Crippen LogP contribution in [0.15, 0.2) is 18.2 Å². The van der Waals surface area contributed by atoms with Gasteiger partial charge in [0.05, 0.1) is 18.7 Å². The number of ether oxygens (including phenoxy) is 1. The Bertz CT molecular complexity index is 455. The quantitative estimate of drug-likeness (QED) is 0.833. The Kier molecular flexibility index (Phi) is 4.60. The van der Waals surface area contributed by atoms with Gasteiger partial charge in [0, 0.05) is 0 Å². The Morgan fingerprint density at radius 2 is 2.11 bits per heavy atom. The van der Waals surface area contributed by atoms with Gasteiger partial charge in [-0.2, -0.15) is 0 Å².